The van der Waals surface area contributed by atoms with Gasteiger partial charge in [-0.2, -0.15) is 0 Å². The standard InChI is InChI=1S/C19H27N5O/c1-3-17-18(4-2)22-23-19(21-17)20-16-7-5-15(6-8-16)9-10-24-11-13-25-14-12-24/h5-8H,3-4,9-14H2,1-2H3,(H,20,21,23). The molecule has 0 unspecified atom stereocenters. The van der Waals surface area contributed by atoms with Gasteiger partial charge < -0.3 is 10.1 Å². The molecule has 0 spiro atoms. The van der Waals surface area contributed by atoms with Gasteiger partial charge in [0.15, 0.2) is 0 Å². The van der Waals surface area contributed by atoms with E-state index in [2.05, 4.69) is 63.5 Å². The third kappa shape index (κ3) is 4.96. The van der Waals surface area contributed by atoms with Crippen molar-refractivity contribution in [3.63, 3.8) is 0 Å². The number of hydrogen-bond donors (Lipinski definition) is 1. The molecule has 1 aliphatic rings. The highest BCUT2D eigenvalue weighted by Crippen LogP contribution is 2.15. The first kappa shape index (κ1) is 17.8. The highest BCUT2D eigenvalue weighted by atomic mass is 16.5. The zero-order chi connectivity index (χ0) is 17.5. The van der Waals surface area contributed by atoms with E-state index in [4.69, 9.17) is 4.74 Å². The predicted octanol–water partition coefficient (Wildman–Crippen LogP) is 2.61. The fourth-order valence-electron chi connectivity index (χ4n) is 2.99. The molecule has 1 fully saturated rings. The molecule has 0 atom stereocenters. The van der Waals surface area contributed by atoms with Gasteiger partial charge in [-0.3, -0.25) is 4.90 Å². The average Bonchev–Trinajstić information content (AvgIpc) is 2.68. The third-order valence-electron chi connectivity index (χ3n) is 4.54. The van der Waals surface area contributed by atoms with Crippen molar-refractivity contribution in [2.24, 2.45) is 0 Å². The molecule has 0 radical (unpaired) electrons. The molecule has 134 valence electrons. The number of aryl methyl sites for hydroxylation is 2. The van der Waals surface area contributed by atoms with Crippen LogP contribution in [0.25, 0.3) is 0 Å². The lowest BCUT2D eigenvalue weighted by molar-refractivity contribution is 0.0384. The Hall–Kier alpha value is -2.05. The summed E-state index contributed by atoms with van der Waals surface area (Å²) in [7, 11) is 0. The largest absolute Gasteiger partial charge is 0.379 e. The molecule has 0 amide bonds. The number of nitrogens with zero attached hydrogens (tertiary/aromatic N) is 4. The molecule has 0 saturated carbocycles. The van der Waals surface area contributed by atoms with Crippen molar-refractivity contribution in [3.8, 4) is 0 Å². The van der Waals surface area contributed by atoms with E-state index in [1.807, 2.05) is 0 Å². The number of aromatic nitrogens is 3. The van der Waals surface area contributed by atoms with Gasteiger partial charge in [-0.25, -0.2) is 4.98 Å². The minimum Gasteiger partial charge on any atom is -0.379 e. The van der Waals surface area contributed by atoms with Crippen LogP contribution in [0.4, 0.5) is 11.6 Å². The Labute approximate surface area is 149 Å². The second-order valence-electron chi connectivity index (χ2n) is 6.26. The first-order valence-electron chi connectivity index (χ1n) is 9.17. The normalized spacial score (nSPS) is 15.3. The summed E-state index contributed by atoms with van der Waals surface area (Å²) in [6.07, 6.45) is 2.79. The zero-order valence-electron chi connectivity index (χ0n) is 15.2. The Bertz CT molecular complexity index is 668. The molecule has 2 heterocycles. The number of morpholine rings is 1. The van der Waals surface area contributed by atoms with Crippen LogP contribution in [-0.4, -0.2) is 52.9 Å². The van der Waals surface area contributed by atoms with Crippen LogP contribution in [0, 0.1) is 0 Å². The molecule has 0 bridgehead atoms. The minimum atomic E-state index is 0.565. The molecule has 1 saturated heterocycles. The maximum atomic E-state index is 5.39. The van der Waals surface area contributed by atoms with Crippen LogP contribution in [0.3, 0.4) is 0 Å². The molecule has 1 N–H and O–H groups in total. The summed E-state index contributed by atoms with van der Waals surface area (Å²) in [5, 5.41) is 11.7. The van der Waals surface area contributed by atoms with E-state index in [-0.39, 0.29) is 0 Å². The zero-order valence-corrected chi connectivity index (χ0v) is 15.2. The van der Waals surface area contributed by atoms with Gasteiger partial charge in [0, 0.05) is 25.3 Å². The number of hydrogen-bond acceptors (Lipinski definition) is 6. The van der Waals surface area contributed by atoms with Crippen molar-refractivity contribution >= 4 is 11.6 Å². The van der Waals surface area contributed by atoms with Gasteiger partial charge in [0.2, 0.25) is 5.95 Å². The summed E-state index contributed by atoms with van der Waals surface area (Å²) in [6.45, 7) is 9.04. The summed E-state index contributed by atoms with van der Waals surface area (Å²) in [5.41, 5.74) is 4.32. The maximum Gasteiger partial charge on any atom is 0.247 e. The van der Waals surface area contributed by atoms with Crippen molar-refractivity contribution < 1.29 is 4.74 Å². The van der Waals surface area contributed by atoms with Gasteiger partial charge in [0.05, 0.1) is 24.6 Å². The molecule has 1 aromatic heterocycles. The van der Waals surface area contributed by atoms with Crippen molar-refractivity contribution in [1.82, 2.24) is 20.1 Å². The SMILES string of the molecule is CCc1nnc(Nc2ccc(CCN3CCOCC3)cc2)nc1CC. The van der Waals surface area contributed by atoms with Gasteiger partial charge in [-0.15, -0.1) is 10.2 Å². The van der Waals surface area contributed by atoms with Gasteiger partial charge in [0.1, 0.15) is 0 Å². The second kappa shape index (κ2) is 8.87. The third-order valence-corrected chi connectivity index (χ3v) is 4.54. The molecule has 6 heteroatoms. The first-order valence-corrected chi connectivity index (χ1v) is 9.17. The number of nitrogens with one attached hydrogen (secondary N) is 1. The van der Waals surface area contributed by atoms with Crippen LogP contribution in [0.15, 0.2) is 24.3 Å². The van der Waals surface area contributed by atoms with E-state index < -0.39 is 0 Å². The molecular formula is C19H27N5O. The van der Waals surface area contributed by atoms with E-state index in [0.29, 0.717) is 5.95 Å². The summed E-state index contributed by atoms with van der Waals surface area (Å²) in [5.74, 6) is 0.565. The highest BCUT2D eigenvalue weighted by molar-refractivity contribution is 5.53. The summed E-state index contributed by atoms with van der Waals surface area (Å²) < 4.78 is 5.39. The number of anilines is 2. The van der Waals surface area contributed by atoms with Crippen molar-refractivity contribution in [2.75, 3.05) is 38.2 Å². The summed E-state index contributed by atoms with van der Waals surface area (Å²) >= 11 is 0. The maximum absolute atomic E-state index is 5.39. The Morgan fingerprint density at radius 1 is 1.00 bits per heavy atom. The Morgan fingerprint density at radius 2 is 1.72 bits per heavy atom. The Morgan fingerprint density at radius 3 is 2.40 bits per heavy atom. The lowest BCUT2D eigenvalue weighted by Crippen LogP contribution is -2.37. The predicted molar refractivity (Wildman–Crippen MR) is 99.3 cm³/mol. The molecule has 2 aromatic rings. The van der Waals surface area contributed by atoms with Crippen LogP contribution in [0.5, 0.6) is 0 Å². The summed E-state index contributed by atoms with van der Waals surface area (Å²) in [6, 6.07) is 8.49. The molecular weight excluding hydrogens is 314 g/mol. The molecule has 1 aromatic carbocycles. The van der Waals surface area contributed by atoms with Crippen molar-refractivity contribution in [1.29, 1.82) is 0 Å². The topological polar surface area (TPSA) is 63.2 Å². The van der Waals surface area contributed by atoms with E-state index in [9.17, 15) is 0 Å². The van der Waals surface area contributed by atoms with Crippen LogP contribution in [-0.2, 0) is 24.0 Å². The first-order chi connectivity index (χ1) is 12.3. The van der Waals surface area contributed by atoms with Crippen LogP contribution in [0.1, 0.15) is 30.8 Å². The quantitative estimate of drug-likeness (QED) is 0.835. The van der Waals surface area contributed by atoms with Gasteiger partial charge in [-0.1, -0.05) is 26.0 Å². The summed E-state index contributed by atoms with van der Waals surface area (Å²) in [4.78, 5) is 7.03. The highest BCUT2D eigenvalue weighted by Gasteiger charge is 2.10. The van der Waals surface area contributed by atoms with Crippen molar-refractivity contribution in [2.45, 2.75) is 33.1 Å². The van der Waals surface area contributed by atoms with Crippen LogP contribution >= 0.6 is 0 Å². The number of ether oxygens (including phenoxy) is 1. The van der Waals surface area contributed by atoms with E-state index in [1.165, 1.54) is 5.56 Å². The van der Waals surface area contributed by atoms with Gasteiger partial charge >= 0.3 is 0 Å². The molecule has 6 nitrogen and oxygen atoms in total. The van der Waals surface area contributed by atoms with Crippen LogP contribution < -0.4 is 5.32 Å². The lowest BCUT2D eigenvalue weighted by Gasteiger charge is -2.26. The molecule has 25 heavy (non-hydrogen) atoms. The van der Waals surface area contributed by atoms with Crippen molar-refractivity contribution in [3.05, 3.63) is 41.2 Å². The molecule has 3 rings (SSSR count). The van der Waals surface area contributed by atoms with E-state index >= 15 is 0 Å². The second-order valence-corrected chi connectivity index (χ2v) is 6.26. The van der Waals surface area contributed by atoms with E-state index in [0.717, 1.165) is 69.2 Å². The smallest absolute Gasteiger partial charge is 0.247 e. The fraction of sp³-hybridized carbons (Fsp3) is 0.526. The number of benzene rings is 1. The minimum absolute atomic E-state index is 0.565. The monoisotopic (exact) mass is 341 g/mol. The lowest BCUT2D eigenvalue weighted by atomic mass is 10.1. The molecule has 1 aliphatic heterocycles. The Kier molecular flexibility index (Phi) is 6.30. The molecule has 0 aliphatic carbocycles. The number of rotatable bonds is 7. The van der Waals surface area contributed by atoms with E-state index in [1.54, 1.807) is 0 Å². The van der Waals surface area contributed by atoms with Gasteiger partial charge in [0.25, 0.3) is 0 Å². The Balaban J connectivity index is 1.56. The van der Waals surface area contributed by atoms with Gasteiger partial charge in [-0.05, 0) is 37.0 Å². The van der Waals surface area contributed by atoms with Crippen LogP contribution in [0.2, 0.25) is 0 Å². The average molecular weight is 341 g/mol. The fourth-order valence-corrected chi connectivity index (χ4v) is 2.99.